The SMILES string of the molecule is O=c1/c(=C/c2cccc(Oc3ccc([N+](=O)[O-])cc3[N+](=O)[O-])c2)sc2n1[C@@H](c1cccc([N+](=O)[O-])c1)C1=C(N=2)c2ccccc2CC1. The fourth-order valence-electron chi connectivity index (χ4n) is 5.93. The lowest BCUT2D eigenvalue weighted by molar-refractivity contribution is -0.394. The molecule has 0 spiro atoms. The Hall–Kier alpha value is -6.28. The van der Waals surface area contributed by atoms with Crippen molar-refractivity contribution in [3.63, 3.8) is 0 Å². The maximum atomic E-state index is 14.1. The third-order valence-electron chi connectivity index (χ3n) is 8.00. The van der Waals surface area contributed by atoms with Gasteiger partial charge in [0.05, 0.1) is 37.1 Å². The summed E-state index contributed by atoms with van der Waals surface area (Å²) in [5, 5.41) is 34.4. The van der Waals surface area contributed by atoms with Gasteiger partial charge in [0.25, 0.3) is 16.9 Å². The first-order valence-electron chi connectivity index (χ1n) is 14.3. The molecule has 5 aromatic rings. The molecule has 0 N–H and O–H groups in total. The van der Waals surface area contributed by atoms with Crippen LogP contribution >= 0.6 is 11.3 Å². The van der Waals surface area contributed by atoms with E-state index < -0.39 is 32.2 Å². The van der Waals surface area contributed by atoms with Crippen molar-refractivity contribution in [2.45, 2.75) is 18.9 Å². The predicted octanol–water partition coefficient (Wildman–Crippen LogP) is 5.84. The molecule has 47 heavy (non-hydrogen) atoms. The van der Waals surface area contributed by atoms with Gasteiger partial charge in [0, 0.05) is 23.8 Å². The number of benzene rings is 4. The van der Waals surface area contributed by atoms with Crippen LogP contribution in [-0.4, -0.2) is 19.3 Å². The normalized spacial score (nSPS) is 15.2. The molecule has 7 rings (SSSR count). The molecule has 1 aromatic heterocycles. The average molecular weight is 648 g/mol. The van der Waals surface area contributed by atoms with E-state index in [9.17, 15) is 35.1 Å². The van der Waals surface area contributed by atoms with Crippen molar-refractivity contribution in [1.29, 1.82) is 0 Å². The molecule has 13 nitrogen and oxygen atoms in total. The summed E-state index contributed by atoms with van der Waals surface area (Å²) in [4.78, 5) is 51.9. The quantitative estimate of drug-likeness (QED) is 0.157. The van der Waals surface area contributed by atoms with Crippen LogP contribution in [0.3, 0.4) is 0 Å². The van der Waals surface area contributed by atoms with Crippen LogP contribution in [0.25, 0.3) is 11.8 Å². The van der Waals surface area contributed by atoms with Gasteiger partial charge in [-0.2, -0.15) is 0 Å². The molecule has 0 amide bonds. The summed E-state index contributed by atoms with van der Waals surface area (Å²) in [6.45, 7) is 0. The third kappa shape index (κ3) is 5.36. The highest BCUT2D eigenvalue weighted by Gasteiger charge is 2.33. The molecular weight excluding hydrogens is 626 g/mol. The molecule has 0 saturated heterocycles. The summed E-state index contributed by atoms with van der Waals surface area (Å²) >= 11 is 1.18. The molecule has 1 aliphatic carbocycles. The molecule has 0 bridgehead atoms. The van der Waals surface area contributed by atoms with Gasteiger partial charge in [0.1, 0.15) is 5.75 Å². The van der Waals surface area contributed by atoms with Crippen molar-refractivity contribution >= 4 is 40.2 Å². The van der Waals surface area contributed by atoms with Gasteiger partial charge >= 0.3 is 5.69 Å². The second-order valence-electron chi connectivity index (χ2n) is 10.8. The van der Waals surface area contributed by atoms with Gasteiger partial charge < -0.3 is 4.74 Å². The number of hydrogen-bond donors (Lipinski definition) is 0. The summed E-state index contributed by atoms with van der Waals surface area (Å²) in [7, 11) is 0. The Kier molecular flexibility index (Phi) is 7.25. The molecule has 0 saturated carbocycles. The molecular formula is C33H21N5O8S. The number of aryl methyl sites for hydroxylation is 1. The highest BCUT2D eigenvalue weighted by Crippen LogP contribution is 2.42. The van der Waals surface area contributed by atoms with Crippen LogP contribution in [-0.2, 0) is 6.42 Å². The second kappa shape index (κ2) is 11.6. The van der Waals surface area contributed by atoms with Gasteiger partial charge in [-0.3, -0.25) is 39.7 Å². The van der Waals surface area contributed by atoms with Crippen molar-refractivity contribution in [1.82, 2.24) is 4.57 Å². The van der Waals surface area contributed by atoms with E-state index in [2.05, 4.69) is 0 Å². The summed E-state index contributed by atoms with van der Waals surface area (Å²) < 4.78 is 7.69. The number of rotatable bonds is 7. The van der Waals surface area contributed by atoms with E-state index in [1.54, 1.807) is 47.0 Å². The number of nitrogens with zero attached hydrogens (tertiary/aromatic N) is 5. The second-order valence-corrected chi connectivity index (χ2v) is 11.8. The van der Waals surface area contributed by atoms with Crippen LogP contribution in [0.1, 0.15) is 34.7 Å². The Bertz CT molecular complexity index is 2380. The molecule has 1 aliphatic heterocycles. The van der Waals surface area contributed by atoms with E-state index in [0.29, 0.717) is 26.9 Å². The van der Waals surface area contributed by atoms with Crippen molar-refractivity contribution in [3.8, 4) is 11.5 Å². The van der Waals surface area contributed by atoms with Crippen LogP contribution in [0.2, 0.25) is 0 Å². The number of non-ortho nitro benzene ring substituents is 2. The lowest BCUT2D eigenvalue weighted by Gasteiger charge is -2.30. The first kappa shape index (κ1) is 29.4. The van der Waals surface area contributed by atoms with Crippen molar-refractivity contribution in [3.05, 3.63) is 169 Å². The van der Waals surface area contributed by atoms with Crippen LogP contribution in [0.4, 0.5) is 17.1 Å². The van der Waals surface area contributed by atoms with Gasteiger partial charge in [-0.15, -0.1) is 0 Å². The molecule has 14 heteroatoms. The minimum atomic E-state index is -0.761. The van der Waals surface area contributed by atoms with Crippen molar-refractivity contribution in [2.75, 3.05) is 0 Å². The number of aromatic nitrogens is 1. The van der Waals surface area contributed by atoms with E-state index in [1.807, 2.05) is 24.3 Å². The van der Waals surface area contributed by atoms with Crippen LogP contribution in [0, 0.1) is 30.3 Å². The van der Waals surface area contributed by atoms with E-state index in [1.165, 1.54) is 23.5 Å². The highest BCUT2D eigenvalue weighted by molar-refractivity contribution is 7.07. The van der Waals surface area contributed by atoms with Gasteiger partial charge in [-0.25, -0.2) is 4.99 Å². The number of hydrogen-bond acceptors (Lipinski definition) is 10. The van der Waals surface area contributed by atoms with E-state index in [-0.39, 0.29) is 22.7 Å². The standard InChI is InChI=1S/C33H21N5O8S/c39-32-29(16-19-5-3-9-24(15-19)46-28-14-12-23(37(42)43)18-27(28)38(44)45)47-33-34-30-25-10-2-1-6-20(25)11-13-26(30)31(35(32)33)21-7-4-8-22(17-21)36(40)41/h1-10,12,14-18,31H,11,13H2/b29-16-/t31-/m0/s1. The number of fused-ring (bicyclic) bond motifs is 3. The highest BCUT2D eigenvalue weighted by atomic mass is 32.1. The lowest BCUT2D eigenvalue weighted by atomic mass is 9.83. The molecule has 4 aromatic carbocycles. The van der Waals surface area contributed by atoms with Crippen LogP contribution < -0.4 is 19.6 Å². The molecule has 2 aliphatic rings. The Morgan fingerprint density at radius 3 is 2.38 bits per heavy atom. The molecule has 1 atom stereocenters. The topological polar surface area (TPSA) is 173 Å². The Labute approximate surface area is 268 Å². The van der Waals surface area contributed by atoms with Gasteiger partial charge in [-0.05, 0) is 59.4 Å². The zero-order valence-electron chi connectivity index (χ0n) is 24.1. The molecule has 0 fully saturated rings. The molecule has 232 valence electrons. The van der Waals surface area contributed by atoms with E-state index in [4.69, 9.17) is 9.73 Å². The van der Waals surface area contributed by atoms with Crippen molar-refractivity contribution < 1.29 is 19.5 Å². The van der Waals surface area contributed by atoms with Crippen molar-refractivity contribution in [2.24, 2.45) is 4.99 Å². The average Bonchev–Trinajstić information content (AvgIpc) is 3.37. The van der Waals surface area contributed by atoms with E-state index >= 15 is 0 Å². The largest absolute Gasteiger partial charge is 0.450 e. The first-order chi connectivity index (χ1) is 22.7. The molecule has 0 unspecified atom stereocenters. The summed E-state index contributed by atoms with van der Waals surface area (Å²) in [5.41, 5.74) is 3.51. The number of allylic oxidation sites excluding steroid dienone is 1. The minimum Gasteiger partial charge on any atom is -0.450 e. The zero-order chi connectivity index (χ0) is 32.8. The monoisotopic (exact) mass is 647 g/mol. The fourth-order valence-corrected chi connectivity index (χ4v) is 6.93. The predicted molar refractivity (Wildman–Crippen MR) is 172 cm³/mol. The maximum Gasteiger partial charge on any atom is 0.318 e. The molecule has 2 heterocycles. The number of ether oxygens (including phenoxy) is 1. The Morgan fingerprint density at radius 1 is 0.830 bits per heavy atom. The molecule has 0 radical (unpaired) electrons. The number of thiazole rings is 1. The Balaban J connectivity index is 1.34. The Morgan fingerprint density at radius 2 is 1.60 bits per heavy atom. The summed E-state index contributed by atoms with van der Waals surface area (Å²) in [5.74, 6) is 0.0324. The summed E-state index contributed by atoms with van der Waals surface area (Å²) in [6, 6.07) is 23.3. The summed E-state index contributed by atoms with van der Waals surface area (Å²) in [6.07, 6.45) is 3.02. The van der Waals surface area contributed by atoms with Gasteiger partial charge in [-0.1, -0.05) is 59.9 Å². The minimum absolute atomic E-state index is 0.0786. The fraction of sp³-hybridized carbons (Fsp3) is 0.0909. The smallest absolute Gasteiger partial charge is 0.318 e. The number of nitro groups is 3. The van der Waals surface area contributed by atoms with Crippen LogP contribution in [0.15, 0.2) is 106 Å². The zero-order valence-corrected chi connectivity index (χ0v) is 25.0. The van der Waals surface area contributed by atoms with Gasteiger partial charge in [0.15, 0.2) is 4.80 Å². The van der Waals surface area contributed by atoms with E-state index in [0.717, 1.165) is 47.0 Å². The lowest BCUT2D eigenvalue weighted by Crippen LogP contribution is -2.38. The van der Waals surface area contributed by atoms with Crippen LogP contribution in [0.5, 0.6) is 11.5 Å². The third-order valence-corrected chi connectivity index (χ3v) is 8.99. The van der Waals surface area contributed by atoms with Gasteiger partial charge in [0.2, 0.25) is 5.75 Å². The first-order valence-corrected chi connectivity index (χ1v) is 15.1. The number of nitro benzene ring substituents is 3. The maximum absolute atomic E-state index is 14.1.